The molecule has 0 aliphatic carbocycles. The molecule has 0 radical (unpaired) electrons. The molecule has 3 aromatic rings. The van der Waals surface area contributed by atoms with Gasteiger partial charge in [-0.15, -0.1) is 0 Å². The van der Waals surface area contributed by atoms with Crippen LogP contribution in [-0.4, -0.2) is 46.1 Å². The minimum Gasteiger partial charge on any atom is -0.394 e. The lowest BCUT2D eigenvalue weighted by molar-refractivity contribution is 0.0992. The maximum atomic E-state index is 13.9. The Kier molecular flexibility index (Phi) is 6.78. The number of nitrogens with one attached hydrogen (secondary N) is 2. The lowest BCUT2D eigenvalue weighted by Gasteiger charge is -2.13. The Labute approximate surface area is 163 Å². The molecular weight excluding hydrogens is 361 g/mol. The van der Waals surface area contributed by atoms with Crippen LogP contribution in [0.1, 0.15) is 30.9 Å². The number of nitrogens with zero attached hydrogens (tertiary/aromatic N) is 3. The van der Waals surface area contributed by atoms with Crippen molar-refractivity contribution < 1.29 is 14.2 Å². The fourth-order valence-electron chi connectivity index (χ4n) is 2.85. The van der Waals surface area contributed by atoms with Crippen LogP contribution in [0.5, 0.6) is 0 Å². The normalized spacial score (nSPS) is 11.3. The van der Waals surface area contributed by atoms with Gasteiger partial charge in [-0.1, -0.05) is 32.0 Å². The first kappa shape index (κ1) is 20.0. The second-order valence-electron chi connectivity index (χ2n) is 6.72. The summed E-state index contributed by atoms with van der Waals surface area (Å²) in [5.74, 6) is 1.42. The molecule has 0 bridgehead atoms. The van der Waals surface area contributed by atoms with Gasteiger partial charge in [0, 0.05) is 30.3 Å². The van der Waals surface area contributed by atoms with Crippen molar-refractivity contribution in [1.82, 2.24) is 14.6 Å². The Morgan fingerprint density at radius 3 is 2.79 bits per heavy atom. The van der Waals surface area contributed by atoms with Gasteiger partial charge in [-0.25, -0.2) is 9.37 Å². The number of benzene rings is 1. The Hall–Kier alpha value is -2.71. The third kappa shape index (κ3) is 4.76. The predicted octanol–water partition coefficient (Wildman–Crippen LogP) is 3.02. The van der Waals surface area contributed by atoms with Crippen LogP contribution >= 0.6 is 0 Å². The van der Waals surface area contributed by atoms with Gasteiger partial charge in [-0.05, 0) is 12.0 Å². The molecular formula is C20H26FN5O2. The van der Waals surface area contributed by atoms with E-state index in [1.54, 1.807) is 16.6 Å². The number of ether oxygens (including phenoxy) is 1. The van der Waals surface area contributed by atoms with Crippen LogP contribution in [0.2, 0.25) is 0 Å². The lowest BCUT2D eigenvalue weighted by atomic mass is 10.1. The number of halogens is 1. The van der Waals surface area contributed by atoms with E-state index >= 15 is 0 Å². The summed E-state index contributed by atoms with van der Waals surface area (Å²) in [4.78, 5) is 4.68. The van der Waals surface area contributed by atoms with E-state index in [0.29, 0.717) is 37.7 Å². The number of rotatable bonds is 10. The van der Waals surface area contributed by atoms with Gasteiger partial charge in [-0.3, -0.25) is 0 Å². The first-order valence-corrected chi connectivity index (χ1v) is 9.38. The van der Waals surface area contributed by atoms with Gasteiger partial charge in [0.2, 0.25) is 0 Å². The number of aliphatic hydroxyl groups excluding tert-OH is 1. The van der Waals surface area contributed by atoms with Crippen molar-refractivity contribution in [2.45, 2.75) is 26.3 Å². The summed E-state index contributed by atoms with van der Waals surface area (Å²) in [6.45, 7) is 5.85. The Morgan fingerprint density at radius 2 is 2.04 bits per heavy atom. The average Bonchev–Trinajstić information content (AvgIpc) is 3.11. The maximum absolute atomic E-state index is 13.9. The number of anilines is 2. The van der Waals surface area contributed by atoms with E-state index in [9.17, 15) is 4.39 Å². The number of hydrogen-bond acceptors (Lipinski definition) is 6. The molecule has 0 fully saturated rings. The summed E-state index contributed by atoms with van der Waals surface area (Å²) < 4.78 is 21.0. The smallest absolute Gasteiger partial charge is 0.163 e. The van der Waals surface area contributed by atoms with E-state index in [-0.39, 0.29) is 18.3 Å². The van der Waals surface area contributed by atoms with Crippen LogP contribution < -0.4 is 10.6 Å². The van der Waals surface area contributed by atoms with E-state index in [2.05, 4.69) is 34.6 Å². The molecule has 0 atom stereocenters. The zero-order valence-corrected chi connectivity index (χ0v) is 16.2. The monoisotopic (exact) mass is 387 g/mol. The van der Waals surface area contributed by atoms with Gasteiger partial charge in [0.25, 0.3) is 0 Å². The van der Waals surface area contributed by atoms with Crippen LogP contribution in [0, 0.1) is 5.82 Å². The Bertz CT molecular complexity index is 913. The third-order valence-corrected chi connectivity index (χ3v) is 4.33. The van der Waals surface area contributed by atoms with E-state index < -0.39 is 0 Å². The quantitative estimate of drug-likeness (QED) is 0.464. The molecule has 1 aromatic carbocycles. The average molecular weight is 387 g/mol. The van der Waals surface area contributed by atoms with E-state index in [0.717, 1.165) is 17.0 Å². The zero-order valence-electron chi connectivity index (χ0n) is 16.2. The highest BCUT2D eigenvalue weighted by Gasteiger charge is 2.14. The number of hydrogen-bond donors (Lipinski definition) is 3. The molecule has 28 heavy (non-hydrogen) atoms. The summed E-state index contributed by atoms with van der Waals surface area (Å²) in [5, 5.41) is 19.7. The van der Waals surface area contributed by atoms with Crippen molar-refractivity contribution in [2.24, 2.45) is 0 Å². The summed E-state index contributed by atoms with van der Waals surface area (Å²) >= 11 is 0. The van der Waals surface area contributed by atoms with Gasteiger partial charge in [0.1, 0.15) is 17.5 Å². The van der Waals surface area contributed by atoms with Crippen LogP contribution in [0.15, 0.2) is 36.5 Å². The van der Waals surface area contributed by atoms with Crippen molar-refractivity contribution in [1.29, 1.82) is 0 Å². The van der Waals surface area contributed by atoms with E-state index in [4.69, 9.17) is 9.84 Å². The molecule has 150 valence electrons. The highest BCUT2D eigenvalue weighted by molar-refractivity contribution is 5.61. The number of fused-ring (bicyclic) bond motifs is 1. The summed E-state index contributed by atoms with van der Waals surface area (Å²) in [7, 11) is 0. The molecule has 2 heterocycles. The second kappa shape index (κ2) is 9.48. The van der Waals surface area contributed by atoms with Crippen LogP contribution in [0.25, 0.3) is 5.65 Å². The van der Waals surface area contributed by atoms with Crippen LogP contribution in [0.3, 0.4) is 0 Å². The number of aromatic nitrogens is 3. The molecule has 0 amide bonds. The largest absolute Gasteiger partial charge is 0.394 e. The standard InChI is InChI=1S/C20H26FN5O2/c1-14(2)16-13-24-26-19(23-12-15-5-3-4-6-17(15)21)11-18(25-20(16)26)22-7-9-28-10-8-27/h3-6,11,13-14,23,27H,7-10,12H2,1-2H3,(H,22,25). The summed E-state index contributed by atoms with van der Waals surface area (Å²) in [5.41, 5.74) is 2.37. The van der Waals surface area contributed by atoms with E-state index in [1.807, 2.05) is 18.3 Å². The molecule has 0 saturated heterocycles. The van der Waals surface area contributed by atoms with Crippen LogP contribution in [-0.2, 0) is 11.3 Å². The van der Waals surface area contributed by atoms with E-state index in [1.165, 1.54) is 6.07 Å². The minimum atomic E-state index is -0.247. The molecule has 7 nitrogen and oxygen atoms in total. The topological polar surface area (TPSA) is 83.7 Å². The summed E-state index contributed by atoms with van der Waals surface area (Å²) in [6.07, 6.45) is 1.81. The van der Waals surface area contributed by atoms with Gasteiger partial charge < -0.3 is 20.5 Å². The maximum Gasteiger partial charge on any atom is 0.163 e. The van der Waals surface area contributed by atoms with Gasteiger partial charge >= 0.3 is 0 Å². The first-order valence-electron chi connectivity index (χ1n) is 9.38. The predicted molar refractivity (Wildman–Crippen MR) is 107 cm³/mol. The fourth-order valence-corrected chi connectivity index (χ4v) is 2.85. The molecule has 0 unspecified atom stereocenters. The van der Waals surface area contributed by atoms with Gasteiger partial charge in [0.15, 0.2) is 5.65 Å². The summed E-state index contributed by atoms with van der Waals surface area (Å²) in [6, 6.07) is 8.53. The Morgan fingerprint density at radius 1 is 1.21 bits per heavy atom. The molecule has 0 aliphatic rings. The van der Waals surface area contributed by atoms with Crippen molar-refractivity contribution >= 4 is 17.3 Å². The van der Waals surface area contributed by atoms with Crippen molar-refractivity contribution in [3.63, 3.8) is 0 Å². The van der Waals surface area contributed by atoms with Gasteiger partial charge in [-0.2, -0.15) is 9.61 Å². The SMILES string of the molecule is CC(C)c1cnn2c(NCc3ccccc3F)cc(NCCOCCO)nc12. The number of aliphatic hydroxyl groups is 1. The molecule has 0 saturated carbocycles. The molecule has 2 aromatic heterocycles. The lowest BCUT2D eigenvalue weighted by Crippen LogP contribution is -2.14. The van der Waals surface area contributed by atoms with Crippen molar-refractivity contribution in [2.75, 3.05) is 37.0 Å². The van der Waals surface area contributed by atoms with Gasteiger partial charge in [0.05, 0.1) is 26.0 Å². The highest BCUT2D eigenvalue weighted by atomic mass is 19.1. The Balaban J connectivity index is 1.83. The molecule has 3 rings (SSSR count). The van der Waals surface area contributed by atoms with Crippen molar-refractivity contribution in [3.8, 4) is 0 Å². The molecule has 3 N–H and O–H groups in total. The minimum absolute atomic E-state index is 0.00188. The van der Waals surface area contributed by atoms with Crippen molar-refractivity contribution in [3.05, 3.63) is 53.5 Å². The fraction of sp³-hybridized carbons (Fsp3) is 0.400. The first-order chi connectivity index (χ1) is 13.6. The zero-order chi connectivity index (χ0) is 19.9. The molecule has 0 aliphatic heterocycles. The highest BCUT2D eigenvalue weighted by Crippen LogP contribution is 2.24. The molecule has 0 spiro atoms. The second-order valence-corrected chi connectivity index (χ2v) is 6.72. The molecule has 8 heteroatoms. The third-order valence-electron chi connectivity index (χ3n) is 4.33. The van der Waals surface area contributed by atoms with Crippen LogP contribution in [0.4, 0.5) is 16.0 Å².